The van der Waals surface area contributed by atoms with Crippen molar-refractivity contribution >= 4 is 17.5 Å². The van der Waals surface area contributed by atoms with Gasteiger partial charge in [-0.2, -0.15) is 13.2 Å². The largest absolute Gasteiger partial charge is 0.447 e. The molecule has 2 aromatic carbocycles. The first-order valence-corrected chi connectivity index (χ1v) is 11.6. The number of aromatic nitrogens is 1. The molecule has 1 saturated heterocycles. The first-order chi connectivity index (χ1) is 16.7. The highest BCUT2D eigenvalue weighted by molar-refractivity contribution is 6.31. The third-order valence-corrected chi connectivity index (χ3v) is 6.30. The van der Waals surface area contributed by atoms with Crippen molar-refractivity contribution in [2.45, 2.75) is 25.8 Å². The van der Waals surface area contributed by atoms with Crippen molar-refractivity contribution in [1.82, 2.24) is 19.7 Å². The molecule has 10 heteroatoms. The molecule has 1 aliphatic heterocycles. The maximum absolute atomic E-state index is 13.2. The predicted octanol–water partition coefficient (Wildman–Crippen LogP) is 4.94. The van der Waals surface area contributed by atoms with Crippen molar-refractivity contribution in [2.24, 2.45) is 0 Å². The number of carbonyl (C=O) groups excluding carboxylic acids is 1. The Balaban J connectivity index is 1.52. The van der Waals surface area contributed by atoms with Gasteiger partial charge in [0.25, 0.3) is 5.91 Å². The van der Waals surface area contributed by atoms with E-state index >= 15 is 0 Å². The minimum Gasteiger partial charge on any atom is -0.447 e. The summed E-state index contributed by atoms with van der Waals surface area (Å²) >= 11 is 6.33. The standard InChI is InChI=1S/C25H26ClF3N4O2/c1-31-9-11-33(12-10-31)24(34)22-17-35-23(30-22)16-32(15-19-6-2-3-8-21(19)26)14-18-5-4-7-20(13-18)25(27,28)29/h2-8,13,17H,9-12,14-16H2,1H3. The molecule has 0 spiro atoms. The van der Waals surface area contributed by atoms with Gasteiger partial charge in [-0.05, 0) is 30.3 Å². The number of alkyl halides is 3. The number of benzene rings is 2. The summed E-state index contributed by atoms with van der Waals surface area (Å²) < 4.78 is 45.2. The zero-order valence-electron chi connectivity index (χ0n) is 19.3. The quantitative estimate of drug-likeness (QED) is 0.454. The highest BCUT2D eigenvalue weighted by atomic mass is 35.5. The highest BCUT2D eigenvalue weighted by Crippen LogP contribution is 2.30. The van der Waals surface area contributed by atoms with E-state index in [2.05, 4.69) is 9.88 Å². The van der Waals surface area contributed by atoms with Gasteiger partial charge in [0.1, 0.15) is 6.26 Å². The number of likely N-dealkylation sites (N-methyl/N-ethyl adjacent to an activating group) is 1. The molecular weight excluding hydrogens is 481 g/mol. The van der Waals surface area contributed by atoms with Crippen LogP contribution in [0.1, 0.15) is 33.1 Å². The smallest absolute Gasteiger partial charge is 0.416 e. The SMILES string of the molecule is CN1CCN(C(=O)c2coc(CN(Cc3cccc(C(F)(F)F)c3)Cc3ccccc3Cl)n2)CC1. The van der Waals surface area contributed by atoms with Crippen molar-refractivity contribution < 1.29 is 22.4 Å². The first-order valence-electron chi connectivity index (χ1n) is 11.2. The van der Waals surface area contributed by atoms with Gasteiger partial charge in [-0.3, -0.25) is 9.69 Å². The number of hydrogen-bond donors (Lipinski definition) is 0. The van der Waals surface area contributed by atoms with Gasteiger partial charge in [-0.1, -0.05) is 48.0 Å². The zero-order valence-corrected chi connectivity index (χ0v) is 20.0. The second kappa shape index (κ2) is 10.8. The number of piperazine rings is 1. The van der Waals surface area contributed by atoms with Crippen molar-refractivity contribution in [3.63, 3.8) is 0 Å². The molecule has 2 heterocycles. The second-order valence-electron chi connectivity index (χ2n) is 8.66. The highest BCUT2D eigenvalue weighted by Gasteiger charge is 2.30. The minimum absolute atomic E-state index is 0.191. The molecule has 0 unspecified atom stereocenters. The summed E-state index contributed by atoms with van der Waals surface area (Å²) in [4.78, 5) is 23.0. The first kappa shape index (κ1) is 25.2. The number of nitrogens with zero attached hydrogens (tertiary/aromatic N) is 4. The lowest BCUT2D eigenvalue weighted by atomic mass is 10.1. The van der Waals surface area contributed by atoms with Gasteiger partial charge in [0.05, 0.1) is 12.1 Å². The average Bonchev–Trinajstić information content (AvgIpc) is 3.29. The molecule has 4 rings (SSSR count). The number of carbonyl (C=O) groups is 1. The Morgan fingerprint density at radius 2 is 1.80 bits per heavy atom. The molecule has 1 fully saturated rings. The van der Waals surface area contributed by atoms with E-state index in [1.54, 1.807) is 17.0 Å². The number of rotatable bonds is 7. The Morgan fingerprint density at radius 1 is 1.06 bits per heavy atom. The third-order valence-electron chi connectivity index (χ3n) is 5.93. The van der Waals surface area contributed by atoms with Gasteiger partial charge in [0.15, 0.2) is 5.69 Å². The topological polar surface area (TPSA) is 52.8 Å². The van der Waals surface area contributed by atoms with Crippen LogP contribution >= 0.6 is 11.6 Å². The Kier molecular flexibility index (Phi) is 7.78. The van der Waals surface area contributed by atoms with Crippen molar-refractivity contribution in [3.05, 3.63) is 88.1 Å². The van der Waals surface area contributed by atoms with Crippen LogP contribution in [0.2, 0.25) is 5.02 Å². The van der Waals surface area contributed by atoms with Crippen LogP contribution in [0.25, 0.3) is 0 Å². The maximum atomic E-state index is 13.2. The number of halogens is 4. The summed E-state index contributed by atoms with van der Waals surface area (Å²) in [5.74, 6) is 0.116. The zero-order chi connectivity index (χ0) is 25.0. The fourth-order valence-electron chi connectivity index (χ4n) is 3.98. The number of amides is 1. The van der Waals surface area contributed by atoms with E-state index in [9.17, 15) is 18.0 Å². The van der Waals surface area contributed by atoms with Crippen LogP contribution in [-0.4, -0.2) is 58.8 Å². The summed E-state index contributed by atoms with van der Waals surface area (Å²) in [6.45, 7) is 3.58. The maximum Gasteiger partial charge on any atom is 0.416 e. The fourth-order valence-corrected chi connectivity index (χ4v) is 4.18. The lowest BCUT2D eigenvalue weighted by Crippen LogP contribution is -2.47. The van der Waals surface area contributed by atoms with Gasteiger partial charge in [0, 0.05) is 44.3 Å². The Morgan fingerprint density at radius 3 is 2.51 bits per heavy atom. The van der Waals surface area contributed by atoms with Crippen LogP contribution in [0.3, 0.4) is 0 Å². The molecule has 1 amide bonds. The summed E-state index contributed by atoms with van der Waals surface area (Å²) in [6, 6.07) is 12.5. The third kappa shape index (κ3) is 6.62. The van der Waals surface area contributed by atoms with E-state index in [-0.39, 0.29) is 24.7 Å². The second-order valence-corrected chi connectivity index (χ2v) is 9.06. The van der Waals surface area contributed by atoms with Crippen LogP contribution in [0.15, 0.2) is 59.2 Å². The van der Waals surface area contributed by atoms with Gasteiger partial charge >= 0.3 is 6.18 Å². The molecule has 1 aliphatic rings. The summed E-state index contributed by atoms with van der Waals surface area (Å²) in [5, 5.41) is 0.555. The molecule has 0 aliphatic carbocycles. The molecular formula is C25H26ClF3N4O2. The van der Waals surface area contributed by atoms with Gasteiger partial charge in [0.2, 0.25) is 5.89 Å². The van der Waals surface area contributed by atoms with E-state index < -0.39 is 11.7 Å². The summed E-state index contributed by atoms with van der Waals surface area (Å²) in [5.41, 5.74) is 0.832. The van der Waals surface area contributed by atoms with E-state index in [1.807, 2.05) is 30.1 Å². The van der Waals surface area contributed by atoms with Crippen molar-refractivity contribution in [2.75, 3.05) is 33.2 Å². The van der Waals surface area contributed by atoms with Crippen LogP contribution in [0.5, 0.6) is 0 Å². The Labute approximate surface area is 206 Å². The van der Waals surface area contributed by atoms with Crippen LogP contribution in [0, 0.1) is 0 Å². The fraction of sp³-hybridized carbons (Fsp3) is 0.360. The van der Waals surface area contributed by atoms with E-state index in [4.69, 9.17) is 16.0 Å². The van der Waals surface area contributed by atoms with Crippen molar-refractivity contribution in [3.8, 4) is 0 Å². The molecule has 1 aromatic heterocycles. The van der Waals surface area contributed by atoms with Crippen LogP contribution in [-0.2, 0) is 25.8 Å². The number of hydrogen-bond acceptors (Lipinski definition) is 5. The van der Waals surface area contributed by atoms with Crippen LogP contribution in [0.4, 0.5) is 13.2 Å². The van der Waals surface area contributed by atoms with E-state index in [0.29, 0.717) is 36.1 Å². The predicted molar refractivity (Wildman–Crippen MR) is 126 cm³/mol. The average molecular weight is 507 g/mol. The molecule has 6 nitrogen and oxygen atoms in total. The molecule has 0 atom stereocenters. The van der Waals surface area contributed by atoms with Gasteiger partial charge < -0.3 is 14.2 Å². The summed E-state index contributed by atoms with van der Waals surface area (Å²) in [6.07, 6.45) is -3.08. The lowest BCUT2D eigenvalue weighted by molar-refractivity contribution is -0.137. The molecule has 0 N–H and O–H groups in total. The Hall–Kier alpha value is -2.88. The normalized spacial score (nSPS) is 15.1. The molecule has 0 radical (unpaired) electrons. The Bertz CT molecular complexity index is 1160. The van der Waals surface area contributed by atoms with Gasteiger partial charge in [-0.15, -0.1) is 0 Å². The molecule has 0 saturated carbocycles. The number of oxazole rings is 1. The van der Waals surface area contributed by atoms with Crippen molar-refractivity contribution in [1.29, 1.82) is 0 Å². The van der Waals surface area contributed by atoms with E-state index in [0.717, 1.165) is 30.8 Å². The molecule has 0 bridgehead atoms. The molecule has 3 aromatic rings. The summed E-state index contributed by atoms with van der Waals surface area (Å²) in [7, 11) is 2.01. The lowest BCUT2D eigenvalue weighted by Gasteiger charge is -2.31. The minimum atomic E-state index is -4.43. The van der Waals surface area contributed by atoms with Gasteiger partial charge in [-0.25, -0.2) is 4.98 Å². The molecule has 186 valence electrons. The van der Waals surface area contributed by atoms with E-state index in [1.165, 1.54) is 12.3 Å². The van der Waals surface area contributed by atoms with Crippen LogP contribution < -0.4 is 0 Å². The molecule has 35 heavy (non-hydrogen) atoms. The monoisotopic (exact) mass is 506 g/mol.